The minimum atomic E-state index is 0.302. The van der Waals surface area contributed by atoms with Crippen LogP contribution >= 0.6 is 0 Å². The van der Waals surface area contributed by atoms with Crippen molar-refractivity contribution in [2.75, 3.05) is 24.5 Å². The predicted molar refractivity (Wildman–Crippen MR) is 60.9 cm³/mol. The third-order valence-corrected chi connectivity index (χ3v) is 2.94. The van der Waals surface area contributed by atoms with E-state index in [-0.39, 0.29) is 0 Å². The highest BCUT2D eigenvalue weighted by Crippen LogP contribution is 2.17. The van der Waals surface area contributed by atoms with E-state index in [9.17, 15) is 4.79 Å². The Morgan fingerprint density at radius 1 is 1.27 bits per heavy atom. The maximum absolute atomic E-state index is 10.7. The first-order valence-electron chi connectivity index (χ1n) is 5.32. The first-order valence-corrected chi connectivity index (χ1v) is 5.32. The number of nitrogens with zero attached hydrogens (tertiary/aromatic N) is 2. The molecule has 1 fully saturated rings. The summed E-state index contributed by atoms with van der Waals surface area (Å²) in [5, 5.41) is 0. The lowest BCUT2D eigenvalue weighted by Crippen LogP contribution is -2.51. The Balaban J connectivity index is 2.06. The van der Waals surface area contributed by atoms with Crippen molar-refractivity contribution in [1.29, 1.82) is 0 Å². The van der Waals surface area contributed by atoms with Gasteiger partial charge < -0.3 is 9.80 Å². The van der Waals surface area contributed by atoms with Gasteiger partial charge in [-0.15, -0.1) is 0 Å². The molecule has 80 valence electrons. The second-order valence-corrected chi connectivity index (χ2v) is 3.97. The molecule has 0 radical (unpaired) electrons. The van der Waals surface area contributed by atoms with E-state index in [2.05, 4.69) is 24.0 Å². The summed E-state index contributed by atoms with van der Waals surface area (Å²) in [5.74, 6) is 0. The van der Waals surface area contributed by atoms with Crippen molar-refractivity contribution in [2.45, 2.75) is 13.0 Å². The van der Waals surface area contributed by atoms with Crippen LogP contribution in [0.2, 0.25) is 0 Å². The Kier molecular flexibility index (Phi) is 2.90. The van der Waals surface area contributed by atoms with Crippen LogP contribution in [0.25, 0.3) is 0 Å². The minimum Gasteiger partial charge on any atom is -0.368 e. The second-order valence-electron chi connectivity index (χ2n) is 3.97. The topological polar surface area (TPSA) is 23.6 Å². The zero-order chi connectivity index (χ0) is 10.7. The smallest absolute Gasteiger partial charge is 0.210 e. The lowest BCUT2D eigenvalue weighted by molar-refractivity contribution is -0.120. The highest BCUT2D eigenvalue weighted by molar-refractivity contribution is 5.51. The molecule has 1 amide bonds. The van der Waals surface area contributed by atoms with Crippen LogP contribution in [0, 0.1) is 0 Å². The number of hydrogen-bond donors (Lipinski definition) is 0. The van der Waals surface area contributed by atoms with Crippen LogP contribution in [0.15, 0.2) is 30.3 Å². The van der Waals surface area contributed by atoms with Gasteiger partial charge in [-0.3, -0.25) is 4.79 Å². The number of piperazine rings is 1. The number of para-hydroxylation sites is 1. The number of anilines is 1. The molecule has 1 aromatic carbocycles. The fourth-order valence-corrected chi connectivity index (χ4v) is 2.00. The van der Waals surface area contributed by atoms with Gasteiger partial charge in [0.25, 0.3) is 0 Å². The van der Waals surface area contributed by atoms with Crippen LogP contribution < -0.4 is 4.90 Å². The molecule has 3 heteroatoms. The van der Waals surface area contributed by atoms with E-state index in [1.54, 1.807) is 0 Å². The highest BCUT2D eigenvalue weighted by Gasteiger charge is 2.21. The molecule has 1 heterocycles. The summed E-state index contributed by atoms with van der Waals surface area (Å²) < 4.78 is 0. The molecule has 0 aromatic heterocycles. The average molecular weight is 204 g/mol. The third kappa shape index (κ3) is 2.12. The molecule has 1 saturated heterocycles. The van der Waals surface area contributed by atoms with E-state index < -0.39 is 0 Å². The van der Waals surface area contributed by atoms with Crippen molar-refractivity contribution in [3.63, 3.8) is 0 Å². The lowest BCUT2D eigenvalue weighted by Gasteiger charge is -2.39. The standard InChI is InChI=1S/C12H16N2O/c1-11-9-13(7-8-14(11)10-15)12-5-3-2-4-6-12/h2-6,10-11H,7-9H2,1H3. The summed E-state index contributed by atoms with van der Waals surface area (Å²) >= 11 is 0. The van der Waals surface area contributed by atoms with Crippen LogP contribution in [0.5, 0.6) is 0 Å². The molecular weight excluding hydrogens is 188 g/mol. The van der Waals surface area contributed by atoms with E-state index in [1.165, 1.54) is 5.69 Å². The molecule has 1 unspecified atom stereocenters. The largest absolute Gasteiger partial charge is 0.368 e. The molecule has 2 rings (SSSR count). The maximum Gasteiger partial charge on any atom is 0.210 e. The van der Waals surface area contributed by atoms with Gasteiger partial charge in [-0.2, -0.15) is 0 Å². The fraction of sp³-hybridized carbons (Fsp3) is 0.417. The fourth-order valence-electron chi connectivity index (χ4n) is 2.00. The summed E-state index contributed by atoms with van der Waals surface area (Å²) in [7, 11) is 0. The van der Waals surface area contributed by atoms with Gasteiger partial charge in [-0.05, 0) is 19.1 Å². The first-order chi connectivity index (χ1) is 7.31. The van der Waals surface area contributed by atoms with Crippen molar-refractivity contribution >= 4 is 12.1 Å². The number of hydrogen-bond acceptors (Lipinski definition) is 2. The predicted octanol–water partition coefficient (Wildman–Crippen LogP) is 1.35. The zero-order valence-corrected chi connectivity index (χ0v) is 8.97. The molecule has 0 bridgehead atoms. The molecule has 15 heavy (non-hydrogen) atoms. The summed E-state index contributed by atoms with van der Waals surface area (Å²) in [6, 6.07) is 10.6. The van der Waals surface area contributed by atoms with Gasteiger partial charge in [0, 0.05) is 31.4 Å². The molecule has 1 atom stereocenters. The molecule has 0 spiro atoms. The van der Waals surface area contributed by atoms with Crippen LogP contribution in [-0.2, 0) is 4.79 Å². The Labute approximate surface area is 90.3 Å². The molecule has 1 aromatic rings. The monoisotopic (exact) mass is 204 g/mol. The van der Waals surface area contributed by atoms with E-state index in [1.807, 2.05) is 23.1 Å². The van der Waals surface area contributed by atoms with Crippen LogP contribution in [-0.4, -0.2) is 37.0 Å². The Morgan fingerprint density at radius 2 is 2.00 bits per heavy atom. The normalized spacial score (nSPS) is 21.5. The number of rotatable bonds is 2. The summed E-state index contributed by atoms with van der Waals surface area (Å²) in [6.07, 6.45) is 0.951. The van der Waals surface area contributed by atoms with Crippen molar-refractivity contribution in [1.82, 2.24) is 4.90 Å². The Morgan fingerprint density at radius 3 is 2.60 bits per heavy atom. The maximum atomic E-state index is 10.7. The van der Waals surface area contributed by atoms with Crippen molar-refractivity contribution < 1.29 is 4.79 Å². The zero-order valence-electron chi connectivity index (χ0n) is 8.97. The molecule has 1 aliphatic heterocycles. The van der Waals surface area contributed by atoms with Crippen LogP contribution in [0.3, 0.4) is 0 Å². The number of carbonyl (C=O) groups excluding carboxylic acids is 1. The molecule has 3 nitrogen and oxygen atoms in total. The third-order valence-electron chi connectivity index (χ3n) is 2.94. The van der Waals surface area contributed by atoms with Crippen LogP contribution in [0.1, 0.15) is 6.92 Å². The molecular formula is C12H16N2O. The van der Waals surface area contributed by atoms with Crippen molar-refractivity contribution in [3.8, 4) is 0 Å². The van der Waals surface area contributed by atoms with E-state index in [0.717, 1.165) is 26.0 Å². The highest BCUT2D eigenvalue weighted by atomic mass is 16.1. The Hall–Kier alpha value is -1.51. The van der Waals surface area contributed by atoms with Crippen LogP contribution in [0.4, 0.5) is 5.69 Å². The Bertz CT molecular complexity index is 326. The van der Waals surface area contributed by atoms with Gasteiger partial charge in [0.1, 0.15) is 0 Å². The van der Waals surface area contributed by atoms with Gasteiger partial charge in [-0.25, -0.2) is 0 Å². The molecule has 1 aliphatic rings. The quantitative estimate of drug-likeness (QED) is 0.679. The summed E-state index contributed by atoms with van der Waals surface area (Å²) in [6.45, 7) is 4.75. The molecule has 0 aliphatic carbocycles. The lowest BCUT2D eigenvalue weighted by atomic mass is 10.2. The number of amides is 1. The second kappa shape index (κ2) is 4.34. The van der Waals surface area contributed by atoms with E-state index >= 15 is 0 Å². The average Bonchev–Trinajstić information content (AvgIpc) is 2.30. The number of carbonyl (C=O) groups is 1. The number of benzene rings is 1. The molecule has 0 saturated carbocycles. The van der Waals surface area contributed by atoms with Crippen molar-refractivity contribution in [2.24, 2.45) is 0 Å². The molecule has 0 N–H and O–H groups in total. The van der Waals surface area contributed by atoms with E-state index in [4.69, 9.17) is 0 Å². The van der Waals surface area contributed by atoms with E-state index in [0.29, 0.717) is 6.04 Å². The van der Waals surface area contributed by atoms with Gasteiger partial charge in [0.15, 0.2) is 0 Å². The summed E-state index contributed by atoms with van der Waals surface area (Å²) in [4.78, 5) is 14.9. The van der Waals surface area contributed by atoms with Gasteiger partial charge >= 0.3 is 0 Å². The van der Waals surface area contributed by atoms with Gasteiger partial charge in [0.05, 0.1) is 0 Å². The van der Waals surface area contributed by atoms with Gasteiger partial charge in [-0.1, -0.05) is 18.2 Å². The van der Waals surface area contributed by atoms with Crippen molar-refractivity contribution in [3.05, 3.63) is 30.3 Å². The minimum absolute atomic E-state index is 0.302. The SMILES string of the molecule is CC1CN(c2ccccc2)CCN1C=O. The first kappa shape index (κ1) is 10.0. The summed E-state index contributed by atoms with van der Waals surface area (Å²) in [5.41, 5.74) is 1.25. The van der Waals surface area contributed by atoms with Gasteiger partial charge in [0.2, 0.25) is 6.41 Å².